The van der Waals surface area contributed by atoms with Crippen LogP contribution < -0.4 is 11.3 Å². The molecule has 0 radical (unpaired) electrons. The molecule has 0 bridgehead atoms. The van der Waals surface area contributed by atoms with Crippen LogP contribution in [0.3, 0.4) is 0 Å². The molecule has 0 spiro atoms. The SMILES string of the molecule is CCCn1cc(C(Cc2cccnc2)NN)cn1. The summed E-state index contributed by atoms with van der Waals surface area (Å²) in [5.41, 5.74) is 5.10. The predicted octanol–water partition coefficient (Wildman–Crippen LogP) is 1.44. The second-order valence-electron chi connectivity index (χ2n) is 4.32. The molecule has 0 aromatic carbocycles. The minimum absolute atomic E-state index is 0.0693. The van der Waals surface area contributed by atoms with E-state index in [1.54, 1.807) is 6.20 Å². The van der Waals surface area contributed by atoms with E-state index in [4.69, 9.17) is 5.84 Å². The van der Waals surface area contributed by atoms with Crippen LogP contribution in [0.5, 0.6) is 0 Å². The van der Waals surface area contributed by atoms with Crippen molar-refractivity contribution in [2.75, 3.05) is 0 Å². The number of aryl methyl sites for hydroxylation is 1. The fraction of sp³-hybridized carbons (Fsp3) is 0.385. The van der Waals surface area contributed by atoms with Crippen LogP contribution in [0.2, 0.25) is 0 Å². The highest BCUT2D eigenvalue weighted by atomic mass is 15.3. The summed E-state index contributed by atoms with van der Waals surface area (Å²) >= 11 is 0. The molecule has 0 aliphatic carbocycles. The van der Waals surface area contributed by atoms with Gasteiger partial charge in [-0.2, -0.15) is 5.10 Å². The van der Waals surface area contributed by atoms with Crippen LogP contribution in [0.4, 0.5) is 0 Å². The summed E-state index contributed by atoms with van der Waals surface area (Å²) < 4.78 is 1.95. The summed E-state index contributed by atoms with van der Waals surface area (Å²) in [6.45, 7) is 3.07. The average Bonchev–Trinajstić information content (AvgIpc) is 2.86. The molecular formula is C13H19N5. The van der Waals surface area contributed by atoms with Gasteiger partial charge in [0.25, 0.3) is 0 Å². The highest BCUT2D eigenvalue weighted by Crippen LogP contribution is 2.16. The zero-order valence-electron chi connectivity index (χ0n) is 10.6. The van der Waals surface area contributed by atoms with E-state index in [1.807, 2.05) is 35.4 Å². The Morgan fingerprint density at radius 2 is 2.33 bits per heavy atom. The first-order valence-corrected chi connectivity index (χ1v) is 6.21. The largest absolute Gasteiger partial charge is 0.272 e. The number of rotatable bonds is 6. The van der Waals surface area contributed by atoms with Crippen molar-refractivity contribution in [3.8, 4) is 0 Å². The third-order valence-corrected chi connectivity index (χ3v) is 2.87. The number of nitrogens with two attached hydrogens (primary N) is 1. The Morgan fingerprint density at radius 1 is 1.44 bits per heavy atom. The van der Waals surface area contributed by atoms with Crippen molar-refractivity contribution >= 4 is 0 Å². The maximum atomic E-state index is 5.63. The number of aromatic nitrogens is 3. The molecule has 1 atom stereocenters. The Bertz CT molecular complexity index is 465. The van der Waals surface area contributed by atoms with E-state index in [-0.39, 0.29) is 6.04 Å². The summed E-state index contributed by atoms with van der Waals surface area (Å²) in [7, 11) is 0. The molecule has 2 aromatic heterocycles. The van der Waals surface area contributed by atoms with Gasteiger partial charge in [-0.15, -0.1) is 0 Å². The topological polar surface area (TPSA) is 68.8 Å². The first-order valence-electron chi connectivity index (χ1n) is 6.21. The predicted molar refractivity (Wildman–Crippen MR) is 70.5 cm³/mol. The van der Waals surface area contributed by atoms with Crippen molar-refractivity contribution in [1.29, 1.82) is 0 Å². The molecule has 3 N–H and O–H groups in total. The quantitative estimate of drug-likeness (QED) is 0.597. The van der Waals surface area contributed by atoms with Crippen LogP contribution in [0.1, 0.15) is 30.5 Å². The number of hydrogen-bond donors (Lipinski definition) is 2. The van der Waals surface area contributed by atoms with Gasteiger partial charge in [-0.25, -0.2) is 0 Å². The average molecular weight is 245 g/mol. The monoisotopic (exact) mass is 245 g/mol. The van der Waals surface area contributed by atoms with E-state index in [0.717, 1.165) is 30.5 Å². The molecule has 0 fully saturated rings. The standard InChI is InChI=1S/C13H19N5/c1-2-6-18-10-12(9-16-18)13(17-14)7-11-4-3-5-15-8-11/h3-5,8-10,13,17H,2,6-7,14H2,1H3. The molecule has 2 aromatic rings. The van der Waals surface area contributed by atoms with E-state index < -0.39 is 0 Å². The second kappa shape index (κ2) is 6.28. The Hall–Kier alpha value is -1.72. The number of hydrogen-bond acceptors (Lipinski definition) is 4. The summed E-state index contributed by atoms with van der Waals surface area (Å²) in [4.78, 5) is 4.11. The molecule has 5 nitrogen and oxygen atoms in total. The smallest absolute Gasteiger partial charge is 0.0538 e. The van der Waals surface area contributed by atoms with Crippen LogP contribution in [0.25, 0.3) is 0 Å². The van der Waals surface area contributed by atoms with Crippen LogP contribution in [0.15, 0.2) is 36.9 Å². The lowest BCUT2D eigenvalue weighted by molar-refractivity contribution is 0.548. The molecule has 0 aliphatic rings. The van der Waals surface area contributed by atoms with Crippen LogP contribution >= 0.6 is 0 Å². The van der Waals surface area contributed by atoms with Gasteiger partial charge >= 0.3 is 0 Å². The van der Waals surface area contributed by atoms with Crippen LogP contribution in [-0.2, 0) is 13.0 Å². The van der Waals surface area contributed by atoms with Crippen LogP contribution in [-0.4, -0.2) is 14.8 Å². The normalized spacial score (nSPS) is 12.6. The molecule has 0 aliphatic heterocycles. The summed E-state index contributed by atoms with van der Waals surface area (Å²) in [5, 5.41) is 4.32. The fourth-order valence-corrected chi connectivity index (χ4v) is 1.94. The Kier molecular flexibility index (Phi) is 4.44. The lowest BCUT2D eigenvalue weighted by Crippen LogP contribution is -2.29. The van der Waals surface area contributed by atoms with Gasteiger partial charge in [-0.3, -0.25) is 20.9 Å². The summed E-state index contributed by atoms with van der Waals surface area (Å²) in [6.07, 6.45) is 9.43. The van der Waals surface area contributed by atoms with Gasteiger partial charge in [-0.1, -0.05) is 13.0 Å². The zero-order chi connectivity index (χ0) is 12.8. The van der Waals surface area contributed by atoms with Crippen molar-refractivity contribution in [1.82, 2.24) is 20.2 Å². The van der Waals surface area contributed by atoms with Crippen molar-refractivity contribution in [2.45, 2.75) is 32.4 Å². The Labute approximate surface area is 107 Å². The van der Waals surface area contributed by atoms with E-state index in [0.29, 0.717) is 0 Å². The van der Waals surface area contributed by atoms with Crippen LogP contribution in [0, 0.1) is 0 Å². The first-order chi connectivity index (χ1) is 8.83. The third kappa shape index (κ3) is 3.15. The highest BCUT2D eigenvalue weighted by Gasteiger charge is 2.12. The zero-order valence-corrected chi connectivity index (χ0v) is 10.6. The molecule has 0 amide bonds. The molecule has 2 heterocycles. The molecular weight excluding hydrogens is 226 g/mol. The van der Waals surface area contributed by atoms with Crippen molar-refractivity contribution < 1.29 is 0 Å². The van der Waals surface area contributed by atoms with E-state index in [1.165, 1.54) is 0 Å². The third-order valence-electron chi connectivity index (χ3n) is 2.87. The maximum absolute atomic E-state index is 5.63. The lowest BCUT2D eigenvalue weighted by Gasteiger charge is -2.13. The van der Waals surface area contributed by atoms with Crippen molar-refractivity contribution in [3.05, 3.63) is 48.0 Å². The van der Waals surface area contributed by atoms with Crippen molar-refractivity contribution in [2.24, 2.45) is 5.84 Å². The fourth-order valence-electron chi connectivity index (χ4n) is 1.94. The molecule has 18 heavy (non-hydrogen) atoms. The number of nitrogens with one attached hydrogen (secondary N) is 1. The molecule has 5 heteroatoms. The van der Waals surface area contributed by atoms with Gasteiger partial charge in [0.2, 0.25) is 0 Å². The maximum Gasteiger partial charge on any atom is 0.0538 e. The van der Waals surface area contributed by atoms with Gasteiger partial charge in [0.15, 0.2) is 0 Å². The molecule has 96 valence electrons. The van der Waals surface area contributed by atoms with Gasteiger partial charge in [0, 0.05) is 30.7 Å². The molecule has 0 saturated carbocycles. The number of nitrogens with zero attached hydrogens (tertiary/aromatic N) is 3. The molecule has 0 saturated heterocycles. The summed E-state index contributed by atoms with van der Waals surface area (Å²) in [6, 6.07) is 4.05. The highest BCUT2D eigenvalue weighted by molar-refractivity contribution is 5.17. The number of pyridine rings is 1. The minimum atomic E-state index is 0.0693. The lowest BCUT2D eigenvalue weighted by atomic mass is 10.0. The van der Waals surface area contributed by atoms with Gasteiger partial charge in [0.1, 0.15) is 0 Å². The molecule has 1 unspecified atom stereocenters. The summed E-state index contributed by atoms with van der Waals surface area (Å²) in [5.74, 6) is 5.63. The Balaban J connectivity index is 2.08. The number of hydrazine groups is 1. The first kappa shape index (κ1) is 12.7. The Morgan fingerprint density at radius 3 is 3.00 bits per heavy atom. The van der Waals surface area contributed by atoms with Gasteiger partial charge in [0.05, 0.1) is 12.2 Å². The van der Waals surface area contributed by atoms with E-state index in [2.05, 4.69) is 22.4 Å². The van der Waals surface area contributed by atoms with E-state index in [9.17, 15) is 0 Å². The minimum Gasteiger partial charge on any atom is -0.272 e. The van der Waals surface area contributed by atoms with Gasteiger partial charge < -0.3 is 0 Å². The van der Waals surface area contributed by atoms with Crippen molar-refractivity contribution in [3.63, 3.8) is 0 Å². The molecule has 2 rings (SSSR count). The second-order valence-corrected chi connectivity index (χ2v) is 4.32. The van der Waals surface area contributed by atoms with Gasteiger partial charge in [-0.05, 0) is 24.5 Å². The van der Waals surface area contributed by atoms with E-state index >= 15 is 0 Å².